The number of amides is 2. The number of carbonyl (C=O) groups is 2. The largest absolute Gasteiger partial charge is 0.493 e. The molecule has 4 rings (SSSR count). The highest BCUT2D eigenvalue weighted by Gasteiger charge is 2.41. The number of oxazole rings is 1. The van der Waals surface area contributed by atoms with E-state index in [2.05, 4.69) is 4.98 Å². The van der Waals surface area contributed by atoms with E-state index in [9.17, 15) is 9.59 Å². The maximum absolute atomic E-state index is 12.5. The number of hydrogen-bond acceptors (Lipinski definition) is 8. The molecule has 1 atom stereocenters. The van der Waals surface area contributed by atoms with E-state index in [1.165, 1.54) is 7.11 Å². The van der Waals surface area contributed by atoms with E-state index in [0.29, 0.717) is 53.1 Å². The lowest BCUT2D eigenvalue weighted by Crippen LogP contribution is -2.30. The van der Waals surface area contributed by atoms with Gasteiger partial charge in [0.05, 0.1) is 13.4 Å². The van der Waals surface area contributed by atoms with Gasteiger partial charge in [-0.25, -0.2) is 14.7 Å². The molecule has 0 radical (unpaired) electrons. The van der Waals surface area contributed by atoms with Crippen LogP contribution in [0.25, 0.3) is 11.7 Å². The summed E-state index contributed by atoms with van der Waals surface area (Å²) in [4.78, 5) is 30.0. The molecule has 0 aliphatic carbocycles. The van der Waals surface area contributed by atoms with Crippen molar-refractivity contribution in [3.05, 3.63) is 53.6 Å². The number of aromatic nitrogens is 1. The molecule has 162 valence electrons. The maximum Gasteiger partial charge on any atom is 0.417 e. The molecule has 1 fully saturated rings. The Kier molecular flexibility index (Phi) is 5.66. The standard InChI is InChI=1S/C22H22N2O7/c1-4-9-24-21(25)19(31-22(24)26)14-7-8-16(18(11-14)27-3)29-12-15-13(2)30-20(23-15)17-6-5-10-28-17/h5-8,10-11,19H,4,9,12H2,1-3H3. The summed E-state index contributed by atoms with van der Waals surface area (Å²) < 4.78 is 27.5. The van der Waals surface area contributed by atoms with Crippen LogP contribution < -0.4 is 9.47 Å². The Morgan fingerprint density at radius 1 is 1.19 bits per heavy atom. The van der Waals surface area contributed by atoms with Gasteiger partial charge in [-0.3, -0.25) is 4.79 Å². The molecule has 0 saturated carbocycles. The number of aryl methyl sites for hydroxylation is 1. The zero-order valence-electron chi connectivity index (χ0n) is 17.4. The highest BCUT2D eigenvalue weighted by atomic mass is 16.6. The number of carbonyl (C=O) groups excluding carboxylic acids is 2. The summed E-state index contributed by atoms with van der Waals surface area (Å²) in [5, 5.41) is 0. The highest BCUT2D eigenvalue weighted by Crippen LogP contribution is 2.35. The molecule has 1 aliphatic rings. The van der Waals surface area contributed by atoms with Crippen LogP contribution in [0.15, 0.2) is 45.4 Å². The number of imide groups is 1. The van der Waals surface area contributed by atoms with Crippen molar-refractivity contribution in [3.8, 4) is 23.1 Å². The lowest BCUT2D eigenvalue weighted by atomic mass is 10.1. The molecule has 31 heavy (non-hydrogen) atoms. The minimum absolute atomic E-state index is 0.146. The monoisotopic (exact) mass is 426 g/mol. The van der Waals surface area contributed by atoms with Crippen molar-refractivity contribution in [2.45, 2.75) is 33.0 Å². The molecule has 0 N–H and O–H groups in total. The first-order valence-corrected chi connectivity index (χ1v) is 9.84. The Labute approximate surface area is 178 Å². The van der Waals surface area contributed by atoms with Crippen molar-refractivity contribution in [2.75, 3.05) is 13.7 Å². The summed E-state index contributed by atoms with van der Waals surface area (Å²) in [6.45, 7) is 4.15. The van der Waals surface area contributed by atoms with Crippen molar-refractivity contribution in [3.63, 3.8) is 0 Å². The van der Waals surface area contributed by atoms with Crippen molar-refractivity contribution < 1.29 is 32.6 Å². The number of nitrogens with zero attached hydrogens (tertiary/aromatic N) is 2. The quantitative estimate of drug-likeness (QED) is 0.526. The van der Waals surface area contributed by atoms with Crippen LogP contribution in [-0.2, 0) is 16.1 Å². The summed E-state index contributed by atoms with van der Waals surface area (Å²) in [6, 6.07) is 8.49. The first-order valence-electron chi connectivity index (χ1n) is 9.84. The van der Waals surface area contributed by atoms with Crippen LogP contribution in [0.5, 0.6) is 11.5 Å². The normalized spacial score (nSPS) is 16.0. The highest BCUT2D eigenvalue weighted by molar-refractivity contribution is 6.00. The van der Waals surface area contributed by atoms with E-state index in [4.69, 9.17) is 23.0 Å². The Morgan fingerprint density at radius 3 is 2.74 bits per heavy atom. The lowest BCUT2D eigenvalue weighted by molar-refractivity contribution is -0.129. The number of cyclic esters (lactones) is 1. The molecule has 2 amide bonds. The molecule has 9 heteroatoms. The van der Waals surface area contributed by atoms with Gasteiger partial charge in [0.25, 0.3) is 11.8 Å². The Bertz CT molecular complexity index is 1090. The van der Waals surface area contributed by atoms with Crippen LogP contribution in [0.4, 0.5) is 4.79 Å². The first-order chi connectivity index (χ1) is 15.0. The summed E-state index contributed by atoms with van der Waals surface area (Å²) >= 11 is 0. The van der Waals surface area contributed by atoms with Crippen molar-refractivity contribution in [1.29, 1.82) is 0 Å². The van der Waals surface area contributed by atoms with Crippen molar-refractivity contribution >= 4 is 12.0 Å². The van der Waals surface area contributed by atoms with Crippen LogP contribution in [-0.4, -0.2) is 35.5 Å². The van der Waals surface area contributed by atoms with E-state index in [1.54, 1.807) is 43.5 Å². The van der Waals surface area contributed by atoms with Gasteiger partial charge in [-0.15, -0.1) is 0 Å². The Balaban J connectivity index is 1.49. The van der Waals surface area contributed by atoms with Gasteiger partial charge in [-0.1, -0.05) is 13.0 Å². The van der Waals surface area contributed by atoms with E-state index in [0.717, 1.165) is 4.90 Å². The molecule has 3 aromatic rings. The van der Waals surface area contributed by atoms with Gasteiger partial charge in [-0.05, 0) is 37.6 Å². The van der Waals surface area contributed by atoms with Crippen LogP contribution in [0, 0.1) is 6.92 Å². The third-order valence-electron chi connectivity index (χ3n) is 4.86. The number of methoxy groups -OCH3 is 1. The second-order valence-electron chi connectivity index (χ2n) is 6.95. The topological polar surface area (TPSA) is 104 Å². The van der Waals surface area contributed by atoms with E-state index in [1.807, 2.05) is 6.92 Å². The first kappa shape index (κ1) is 20.5. The SMILES string of the molecule is CCCN1C(=O)OC(c2ccc(OCc3nc(-c4ccco4)oc3C)c(OC)c2)C1=O. The zero-order chi connectivity index (χ0) is 22.0. The molecule has 2 aromatic heterocycles. The molecule has 1 aromatic carbocycles. The van der Waals surface area contributed by atoms with Gasteiger partial charge < -0.3 is 23.0 Å². The Morgan fingerprint density at radius 2 is 2.03 bits per heavy atom. The molecule has 3 heterocycles. The molecule has 1 unspecified atom stereocenters. The van der Waals surface area contributed by atoms with Crippen LogP contribution in [0.3, 0.4) is 0 Å². The van der Waals surface area contributed by atoms with Gasteiger partial charge in [0, 0.05) is 12.1 Å². The minimum Gasteiger partial charge on any atom is -0.493 e. The van der Waals surface area contributed by atoms with Gasteiger partial charge in [0.15, 0.2) is 17.3 Å². The third kappa shape index (κ3) is 3.98. The maximum atomic E-state index is 12.5. The summed E-state index contributed by atoms with van der Waals surface area (Å²) in [5.74, 6) is 2.00. The average Bonchev–Trinajstić information content (AvgIpc) is 3.49. The van der Waals surface area contributed by atoms with Crippen LogP contribution >= 0.6 is 0 Å². The van der Waals surface area contributed by atoms with Gasteiger partial charge >= 0.3 is 6.09 Å². The number of furan rings is 1. The molecular formula is C22H22N2O7. The lowest BCUT2D eigenvalue weighted by Gasteiger charge is -2.13. The van der Waals surface area contributed by atoms with E-state index < -0.39 is 12.2 Å². The van der Waals surface area contributed by atoms with Gasteiger partial charge in [-0.2, -0.15) is 0 Å². The van der Waals surface area contributed by atoms with Crippen molar-refractivity contribution in [1.82, 2.24) is 9.88 Å². The van der Waals surface area contributed by atoms with Crippen molar-refractivity contribution in [2.24, 2.45) is 0 Å². The average molecular weight is 426 g/mol. The zero-order valence-corrected chi connectivity index (χ0v) is 17.4. The van der Waals surface area contributed by atoms with Gasteiger partial charge in [0.2, 0.25) is 6.10 Å². The van der Waals surface area contributed by atoms with Crippen LogP contribution in [0.1, 0.15) is 36.5 Å². The van der Waals surface area contributed by atoms with Gasteiger partial charge in [0.1, 0.15) is 18.1 Å². The Hall–Kier alpha value is -3.75. The fraction of sp³-hybridized carbons (Fsp3) is 0.318. The van der Waals surface area contributed by atoms with E-state index in [-0.39, 0.29) is 12.5 Å². The fourth-order valence-electron chi connectivity index (χ4n) is 3.26. The predicted molar refractivity (Wildman–Crippen MR) is 107 cm³/mol. The molecule has 0 spiro atoms. The molecule has 0 bridgehead atoms. The molecule has 9 nitrogen and oxygen atoms in total. The second-order valence-corrected chi connectivity index (χ2v) is 6.95. The number of hydrogen-bond donors (Lipinski definition) is 0. The summed E-state index contributed by atoms with van der Waals surface area (Å²) in [7, 11) is 1.49. The molecule has 1 saturated heterocycles. The fourth-order valence-corrected chi connectivity index (χ4v) is 3.26. The number of benzene rings is 1. The number of rotatable bonds is 8. The minimum atomic E-state index is -0.990. The number of ether oxygens (including phenoxy) is 3. The predicted octanol–water partition coefficient (Wildman–Crippen LogP) is 4.26. The van der Waals surface area contributed by atoms with E-state index >= 15 is 0 Å². The molecular weight excluding hydrogens is 404 g/mol. The molecule has 1 aliphatic heterocycles. The third-order valence-corrected chi connectivity index (χ3v) is 4.86. The summed E-state index contributed by atoms with van der Waals surface area (Å²) in [6.07, 6.45) is 0.582. The summed E-state index contributed by atoms with van der Waals surface area (Å²) in [5.41, 5.74) is 1.13. The smallest absolute Gasteiger partial charge is 0.417 e. The second kappa shape index (κ2) is 8.55. The van der Waals surface area contributed by atoms with Crippen LogP contribution in [0.2, 0.25) is 0 Å².